The van der Waals surface area contributed by atoms with Crippen molar-refractivity contribution >= 4 is 23.6 Å². The Morgan fingerprint density at radius 1 is 1.17 bits per heavy atom. The van der Waals surface area contributed by atoms with E-state index in [2.05, 4.69) is 26.6 Å². The van der Waals surface area contributed by atoms with Gasteiger partial charge in [-0.2, -0.15) is 0 Å². The summed E-state index contributed by atoms with van der Waals surface area (Å²) in [5.41, 5.74) is 2.33. The zero-order valence-corrected chi connectivity index (χ0v) is 20.1. The minimum absolute atomic E-state index is 0.0592. The second-order valence-corrected chi connectivity index (χ2v) is 7.60. The average Bonchev–Trinajstić information content (AvgIpc) is 2.90. The quantitative estimate of drug-likeness (QED) is 0.301. The van der Waals surface area contributed by atoms with E-state index in [4.69, 9.17) is 9.47 Å². The minimum atomic E-state index is -0.489. The number of nitrogens with zero attached hydrogens (tertiary/aromatic N) is 3. The summed E-state index contributed by atoms with van der Waals surface area (Å²) in [6, 6.07) is 12.7. The molecule has 184 valence electrons. The predicted octanol–water partition coefficient (Wildman–Crippen LogP) is 4.42. The number of esters is 1. The van der Waals surface area contributed by atoms with Crippen LogP contribution in [0.2, 0.25) is 0 Å². The van der Waals surface area contributed by atoms with Gasteiger partial charge in [0.1, 0.15) is 18.0 Å². The van der Waals surface area contributed by atoms with Crippen LogP contribution in [0.1, 0.15) is 12.0 Å². The van der Waals surface area contributed by atoms with Gasteiger partial charge in [-0.05, 0) is 48.9 Å². The molecule has 9 heteroatoms. The molecule has 0 aliphatic rings. The summed E-state index contributed by atoms with van der Waals surface area (Å²) in [5, 5.41) is 3.01. The molecule has 0 spiro atoms. The maximum absolute atomic E-state index is 14.4. The number of methoxy groups -OCH3 is 2. The molecular formula is C26H29FN4O4. The van der Waals surface area contributed by atoms with Gasteiger partial charge in [-0.25, -0.2) is 14.4 Å². The number of halogens is 1. The van der Waals surface area contributed by atoms with Crippen molar-refractivity contribution in [1.29, 1.82) is 0 Å². The third kappa shape index (κ3) is 6.92. The molecule has 0 radical (unpaired) electrons. The van der Waals surface area contributed by atoms with Crippen LogP contribution >= 0.6 is 0 Å². The monoisotopic (exact) mass is 480 g/mol. The van der Waals surface area contributed by atoms with Crippen molar-refractivity contribution in [3.05, 3.63) is 66.6 Å². The Labute approximate surface area is 204 Å². The summed E-state index contributed by atoms with van der Waals surface area (Å²) >= 11 is 0. The van der Waals surface area contributed by atoms with Crippen LogP contribution in [0, 0.1) is 5.82 Å². The lowest BCUT2D eigenvalue weighted by atomic mass is 10.1. The van der Waals surface area contributed by atoms with Gasteiger partial charge >= 0.3 is 5.97 Å². The van der Waals surface area contributed by atoms with Gasteiger partial charge in [-0.3, -0.25) is 4.79 Å². The highest BCUT2D eigenvalue weighted by Crippen LogP contribution is 2.24. The summed E-state index contributed by atoms with van der Waals surface area (Å²) in [5.74, 6) is 1.20. The molecule has 0 saturated carbocycles. The molecule has 2 aromatic carbocycles. The van der Waals surface area contributed by atoms with Crippen molar-refractivity contribution in [3.8, 4) is 22.9 Å². The van der Waals surface area contributed by atoms with E-state index >= 15 is 0 Å². The standard InChI is InChI=1S/C26H29FN4O4/c1-5-18-15-21(11-12-23(18)28-17-24(32)34-4)35-14-6-13-31(2)26-22(27)16-29-25(30-26)19-7-9-20(33-3)10-8-19/h5,7-12,15-16,28H,1,6,13-14,17H2,2-4H3. The first-order valence-electron chi connectivity index (χ1n) is 11.0. The van der Waals surface area contributed by atoms with E-state index in [1.54, 1.807) is 25.1 Å². The Morgan fingerprint density at radius 3 is 2.60 bits per heavy atom. The lowest BCUT2D eigenvalue weighted by Gasteiger charge is -2.19. The SMILES string of the molecule is C=Cc1cc(OCCCN(C)c2nc(-c3ccc(OC)cc3)ncc2F)ccc1NCC(=O)OC. The van der Waals surface area contributed by atoms with Crippen LogP contribution in [0.4, 0.5) is 15.9 Å². The summed E-state index contributed by atoms with van der Waals surface area (Å²) in [4.78, 5) is 21.6. The smallest absolute Gasteiger partial charge is 0.325 e. The number of carbonyl (C=O) groups excluding carboxylic acids is 1. The molecule has 0 aliphatic heterocycles. The molecule has 0 amide bonds. The van der Waals surface area contributed by atoms with Crippen LogP contribution in [0.25, 0.3) is 17.5 Å². The van der Waals surface area contributed by atoms with Crippen LogP contribution in [0.3, 0.4) is 0 Å². The molecule has 0 bridgehead atoms. The Morgan fingerprint density at radius 2 is 1.91 bits per heavy atom. The third-order valence-corrected chi connectivity index (χ3v) is 5.24. The van der Waals surface area contributed by atoms with Crippen molar-refractivity contribution < 1.29 is 23.4 Å². The van der Waals surface area contributed by atoms with E-state index in [1.165, 1.54) is 13.3 Å². The van der Waals surface area contributed by atoms with Gasteiger partial charge in [-0.1, -0.05) is 12.7 Å². The Balaban J connectivity index is 1.56. The van der Waals surface area contributed by atoms with Gasteiger partial charge in [0, 0.05) is 30.4 Å². The first kappa shape index (κ1) is 25.5. The van der Waals surface area contributed by atoms with Gasteiger partial charge in [0.15, 0.2) is 17.5 Å². The lowest BCUT2D eigenvalue weighted by Crippen LogP contribution is -2.23. The molecule has 8 nitrogen and oxygen atoms in total. The molecule has 0 unspecified atom stereocenters. The maximum Gasteiger partial charge on any atom is 0.325 e. The van der Waals surface area contributed by atoms with Crippen LogP contribution in [-0.4, -0.2) is 56.9 Å². The normalized spacial score (nSPS) is 10.4. The largest absolute Gasteiger partial charge is 0.497 e. The molecule has 3 aromatic rings. The van der Waals surface area contributed by atoms with Gasteiger partial charge in [0.25, 0.3) is 0 Å². The fraction of sp³-hybridized carbons (Fsp3) is 0.269. The highest BCUT2D eigenvalue weighted by Gasteiger charge is 2.13. The second kappa shape index (κ2) is 12.4. The molecule has 3 rings (SSSR count). The van der Waals surface area contributed by atoms with Gasteiger partial charge < -0.3 is 24.4 Å². The van der Waals surface area contributed by atoms with E-state index in [-0.39, 0.29) is 18.3 Å². The van der Waals surface area contributed by atoms with Crippen LogP contribution in [0.5, 0.6) is 11.5 Å². The minimum Gasteiger partial charge on any atom is -0.497 e. The first-order chi connectivity index (χ1) is 16.9. The summed E-state index contributed by atoms with van der Waals surface area (Å²) in [7, 11) is 4.71. The third-order valence-electron chi connectivity index (χ3n) is 5.24. The molecule has 1 heterocycles. The fourth-order valence-corrected chi connectivity index (χ4v) is 3.30. The number of hydrogen-bond donors (Lipinski definition) is 1. The molecule has 1 N–H and O–H groups in total. The number of aromatic nitrogens is 2. The van der Waals surface area contributed by atoms with Crippen molar-refractivity contribution in [3.63, 3.8) is 0 Å². The van der Waals surface area contributed by atoms with Crippen molar-refractivity contribution in [2.75, 3.05) is 51.2 Å². The number of carbonyl (C=O) groups is 1. The van der Waals surface area contributed by atoms with E-state index in [9.17, 15) is 9.18 Å². The van der Waals surface area contributed by atoms with Crippen LogP contribution < -0.4 is 19.7 Å². The highest BCUT2D eigenvalue weighted by molar-refractivity contribution is 5.77. The van der Waals surface area contributed by atoms with Crippen molar-refractivity contribution in [2.24, 2.45) is 0 Å². The summed E-state index contributed by atoms with van der Waals surface area (Å²) in [6.45, 7) is 4.82. The fourth-order valence-electron chi connectivity index (χ4n) is 3.30. The number of benzene rings is 2. The van der Waals surface area contributed by atoms with Crippen LogP contribution in [-0.2, 0) is 9.53 Å². The summed E-state index contributed by atoms with van der Waals surface area (Å²) < 4.78 is 30.1. The second-order valence-electron chi connectivity index (χ2n) is 7.60. The van der Waals surface area contributed by atoms with E-state index in [0.29, 0.717) is 31.1 Å². The van der Waals surface area contributed by atoms with Crippen molar-refractivity contribution in [2.45, 2.75) is 6.42 Å². The molecule has 0 fully saturated rings. The van der Waals surface area contributed by atoms with E-state index < -0.39 is 5.82 Å². The number of rotatable bonds is 12. The average molecular weight is 481 g/mol. The lowest BCUT2D eigenvalue weighted by molar-refractivity contribution is -0.138. The molecular weight excluding hydrogens is 451 g/mol. The van der Waals surface area contributed by atoms with Gasteiger partial charge in [0.2, 0.25) is 0 Å². The van der Waals surface area contributed by atoms with E-state index in [0.717, 1.165) is 22.6 Å². The first-order valence-corrected chi connectivity index (χ1v) is 11.0. The zero-order chi connectivity index (χ0) is 25.2. The molecule has 35 heavy (non-hydrogen) atoms. The van der Waals surface area contributed by atoms with Crippen LogP contribution in [0.15, 0.2) is 55.2 Å². The van der Waals surface area contributed by atoms with Gasteiger partial charge in [-0.15, -0.1) is 0 Å². The molecule has 0 atom stereocenters. The van der Waals surface area contributed by atoms with E-state index in [1.807, 2.05) is 42.5 Å². The maximum atomic E-state index is 14.4. The topological polar surface area (TPSA) is 85.8 Å². The number of nitrogens with one attached hydrogen (secondary N) is 1. The Kier molecular flexibility index (Phi) is 9.00. The zero-order valence-electron chi connectivity index (χ0n) is 20.1. The summed E-state index contributed by atoms with van der Waals surface area (Å²) in [6.07, 6.45) is 3.50. The predicted molar refractivity (Wildman–Crippen MR) is 134 cm³/mol. The molecule has 0 saturated heterocycles. The number of hydrogen-bond acceptors (Lipinski definition) is 8. The number of anilines is 2. The Bertz CT molecular complexity index is 1150. The van der Waals surface area contributed by atoms with Crippen molar-refractivity contribution in [1.82, 2.24) is 9.97 Å². The highest BCUT2D eigenvalue weighted by atomic mass is 19.1. The van der Waals surface area contributed by atoms with Gasteiger partial charge in [0.05, 0.1) is 27.0 Å². The Hall–Kier alpha value is -4.14. The molecule has 1 aromatic heterocycles. The molecule has 0 aliphatic carbocycles. The number of ether oxygens (including phenoxy) is 3.